The molecule has 1 rings (SSSR count). The van der Waals surface area contributed by atoms with Crippen molar-refractivity contribution in [1.29, 1.82) is 0 Å². The average Bonchev–Trinajstić information content (AvgIpc) is 2.38. The number of carboxylic acid groups (broad SMARTS) is 1. The molecule has 0 aliphatic carbocycles. The topological polar surface area (TPSA) is 91.7 Å². The molecule has 1 aromatic carbocycles. The molecule has 0 bridgehead atoms. The van der Waals surface area contributed by atoms with Gasteiger partial charge in [0.1, 0.15) is 17.8 Å². The molecular formula is C14H16O5. The van der Waals surface area contributed by atoms with Crippen molar-refractivity contribution in [3.05, 3.63) is 29.8 Å². The van der Waals surface area contributed by atoms with Gasteiger partial charge >= 0.3 is 5.97 Å². The molecule has 5 heteroatoms. The van der Waals surface area contributed by atoms with Gasteiger partial charge in [0.2, 0.25) is 0 Å². The maximum atomic E-state index is 11.5. The van der Waals surface area contributed by atoms with Crippen LogP contribution in [0.2, 0.25) is 0 Å². The van der Waals surface area contributed by atoms with Crippen molar-refractivity contribution in [2.24, 2.45) is 5.92 Å². The van der Waals surface area contributed by atoms with E-state index in [-0.39, 0.29) is 30.8 Å². The van der Waals surface area contributed by atoms with Crippen LogP contribution in [-0.4, -0.2) is 28.3 Å². The van der Waals surface area contributed by atoms with Gasteiger partial charge in [0.15, 0.2) is 0 Å². The number of hydrogen-bond acceptors (Lipinski definition) is 4. The van der Waals surface area contributed by atoms with E-state index in [9.17, 15) is 14.4 Å². The summed E-state index contributed by atoms with van der Waals surface area (Å²) >= 11 is 0. The molecule has 0 radical (unpaired) electrons. The lowest BCUT2D eigenvalue weighted by Gasteiger charge is -2.09. The number of benzene rings is 1. The molecule has 1 aromatic rings. The quantitative estimate of drug-likeness (QED) is 0.695. The highest BCUT2D eigenvalue weighted by atomic mass is 16.4. The standard InChI is InChI=1S/C14H16O5/c15-9-11(8-13(17)5-6-14(18)19)7-10-1-3-12(16)4-2-10/h1-4,9,11,16H,5-8H2,(H,18,19)/t11-/m1/s1. The van der Waals surface area contributed by atoms with Crippen LogP contribution in [0.15, 0.2) is 24.3 Å². The molecule has 19 heavy (non-hydrogen) atoms. The van der Waals surface area contributed by atoms with Crippen molar-refractivity contribution >= 4 is 18.0 Å². The molecule has 0 aliphatic rings. The Balaban J connectivity index is 2.49. The van der Waals surface area contributed by atoms with Gasteiger partial charge in [-0.3, -0.25) is 9.59 Å². The van der Waals surface area contributed by atoms with E-state index >= 15 is 0 Å². The van der Waals surface area contributed by atoms with Crippen molar-refractivity contribution in [3.63, 3.8) is 0 Å². The fraction of sp³-hybridized carbons (Fsp3) is 0.357. The lowest BCUT2D eigenvalue weighted by atomic mass is 9.94. The van der Waals surface area contributed by atoms with Gasteiger partial charge in [-0.1, -0.05) is 12.1 Å². The van der Waals surface area contributed by atoms with E-state index in [1.54, 1.807) is 12.1 Å². The minimum Gasteiger partial charge on any atom is -0.508 e. The molecule has 0 saturated heterocycles. The third-order valence-electron chi connectivity index (χ3n) is 2.73. The largest absolute Gasteiger partial charge is 0.508 e. The van der Waals surface area contributed by atoms with E-state index in [0.29, 0.717) is 12.7 Å². The first kappa shape index (κ1) is 14.9. The van der Waals surface area contributed by atoms with Gasteiger partial charge in [-0.25, -0.2) is 0 Å². The summed E-state index contributed by atoms with van der Waals surface area (Å²) in [6.07, 6.45) is 0.921. The van der Waals surface area contributed by atoms with Crippen LogP contribution in [0.3, 0.4) is 0 Å². The maximum absolute atomic E-state index is 11.5. The monoisotopic (exact) mass is 264 g/mol. The van der Waals surface area contributed by atoms with Crippen LogP contribution < -0.4 is 0 Å². The summed E-state index contributed by atoms with van der Waals surface area (Å²) in [5, 5.41) is 17.6. The second-order valence-electron chi connectivity index (χ2n) is 4.40. The Hall–Kier alpha value is -2.17. The number of carbonyl (C=O) groups excluding carboxylic acids is 2. The second-order valence-corrected chi connectivity index (χ2v) is 4.40. The Morgan fingerprint density at radius 2 is 1.79 bits per heavy atom. The van der Waals surface area contributed by atoms with Gasteiger partial charge in [-0.05, 0) is 24.1 Å². The van der Waals surface area contributed by atoms with Gasteiger partial charge < -0.3 is 15.0 Å². The molecule has 0 fully saturated rings. The van der Waals surface area contributed by atoms with Crippen LogP contribution in [0.25, 0.3) is 0 Å². The number of carbonyl (C=O) groups is 3. The van der Waals surface area contributed by atoms with Gasteiger partial charge in [0.05, 0.1) is 6.42 Å². The van der Waals surface area contributed by atoms with Gasteiger partial charge in [-0.2, -0.15) is 0 Å². The maximum Gasteiger partial charge on any atom is 0.303 e. The number of ketones is 1. The number of aromatic hydroxyl groups is 1. The number of phenols is 1. The Kier molecular flexibility index (Phi) is 5.73. The van der Waals surface area contributed by atoms with Crippen LogP contribution in [0, 0.1) is 5.92 Å². The summed E-state index contributed by atoms with van der Waals surface area (Å²) in [4.78, 5) is 32.8. The third-order valence-corrected chi connectivity index (χ3v) is 2.73. The highest BCUT2D eigenvalue weighted by Gasteiger charge is 2.14. The molecule has 0 unspecified atom stereocenters. The number of phenolic OH excluding ortho intramolecular Hbond substituents is 1. The van der Waals surface area contributed by atoms with Crippen LogP contribution in [0.1, 0.15) is 24.8 Å². The number of hydrogen-bond donors (Lipinski definition) is 2. The van der Waals surface area contributed by atoms with Crippen molar-refractivity contribution in [2.45, 2.75) is 25.7 Å². The fourth-order valence-corrected chi connectivity index (χ4v) is 1.74. The summed E-state index contributed by atoms with van der Waals surface area (Å²) in [5.74, 6) is -1.55. The normalized spacial score (nSPS) is 11.8. The lowest BCUT2D eigenvalue weighted by molar-refractivity contribution is -0.138. The highest BCUT2D eigenvalue weighted by Crippen LogP contribution is 2.15. The van der Waals surface area contributed by atoms with Gasteiger partial charge in [0, 0.05) is 18.8 Å². The SMILES string of the molecule is O=C[C@@H](CC(=O)CCC(=O)O)Cc1ccc(O)cc1. The first-order valence-electron chi connectivity index (χ1n) is 5.98. The smallest absolute Gasteiger partial charge is 0.303 e. The first-order chi connectivity index (χ1) is 9.01. The number of carboxylic acids is 1. The molecule has 0 amide bonds. The van der Waals surface area contributed by atoms with Crippen LogP contribution in [0.5, 0.6) is 5.75 Å². The highest BCUT2D eigenvalue weighted by molar-refractivity contribution is 5.84. The van der Waals surface area contributed by atoms with Crippen LogP contribution in [-0.2, 0) is 20.8 Å². The molecule has 0 saturated carbocycles. The van der Waals surface area contributed by atoms with Crippen molar-refractivity contribution in [1.82, 2.24) is 0 Å². The predicted octanol–water partition coefficient (Wildman–Crippen LogP) is 1.57. The molecular weight excluding hydrogens is 248 g/mol. The summed E-state index contributed by atoms with van der Waals surface area (Å²) in [7, 11) is 0. The summed E-state index contributed by atoms with van der Waals surface area (Å²) in [6, 6.07) is 6.41. The zero-order valence-electron chi connectivity index (χ0n) is 10.4. The van der Waals surface area contributed by atoms with Crippen LogP contribution >= 0.6 is 0 Å². The predicted molar refractivity (Wildman–Crippen MR) is 67.9 cm³/mol. The van der Waals surface area contributed by atoms with Gasteiger partial charge in [0.25, 0.3) is 0 Å². The minimum absolute atomic E-state index is 0.0464. The Labute approximate surface area is 110 Å². The van der Waals surface area contributed by atoms with E-state index < -0.39 is 11.9 Å². The molecule has 0 spiro atoms. The number of rotatable bonds is 8. The molecule has 0 heterocycles. The third kappa shape index (κ3) is 5.81. The van der Waals surface area contributed by atoms with E-state index in [0.717, 1.165) is 5.56 Å². The molecule has 0 aliphatic heterocycles. The van der Waals surface area contributed by atoms with Crippen molar-refractivity contribution in [2.75, 3.05) is 0 Å². The summed E-state index contributed by atoms with van der Waals surface area (Å²) in [5.41, 5.74) is 0.848. The van der Waals surface area contributed by atoms with Crippen LogP contribution in [0.4, 0.5) is 0 Å². The molecule has 0 aromatic heterocycles. The van der Waals surface area contributed by atoms with Gasteiger partial charge in [-0.15, -0.1) is 0 Å². The zero-order valence-corrected chi connectivity index (χ0v) is 10.4. The van der Waals surface area contributed by atoms with E-state index in [4.69, 9.17) is 10.2 Å². The van der Waals surface area contributed by atoms with E-state index in [2.05, 4.69) is 0 Å². The number of aliphatic carboxylic acids is 1. The molecule has 2 N–H and O–H groups in total. The first-order valence-corrected chi connectivity index (χ1v) is 5.98. The molecule has 102 valence electrons. The Morgan fingerprint density at radius 3 is 2.32 bits per heavy atom. The van der Waals surface area contributed by atoms with Crippen molar-refractivity contribution in [3.8, 4) is 5.75 Å². The molecule has 1 atom stereocenters. The Bertz CT molecular complexity index is 449. The second kappa shape index (κ2) is 7.31. The van der Waals surface area contributed by atoms with E-state index in [1.165, 1.54) is 12.1 Å². The average molecular weight is 264 g/mol. The Morgan fingerprint density at radius 1 is 1.16 bits per heavy atom. The fourth-order valence-electron chi connectivity index (χ4n) is 1.74. The number of aldehydes is 1. The van der Waals surface area contributed by atoms with E-state index in [1.807, 2.05) is 0 Å². The summed E-state index contributed by atoms with van der Waals surface area (Å²) in [6.45, 7) is 0. The zero-order chi connectivity index (χ0) is 14.3. The lowest BCUT2D eigenvalue weighted by Crippen LogP contribution is -2.13. The minimum atomic E-state index is -1.02. The van der Waals surface area contributed by atoms with Crippen molar-refractivity contribution < 1.29 is 24.6 Å². The molecule has 5 nitrogen and oxygen atoms in total. The number of Topliss-reactive ketones (excluding diaryl/α,β-unsaturated/α-hetero) is 1. The summed E-state index contributed by atoms with van der Waals surface area (Å²) < 4.78 is 0.